The molecule has 1 aliphatic rings. The lowest BCUT2D eigenvalue weighted by Gasteiger charge is -2.33. The normalized spacial score (nSPS) is 17.3. The first-order valence-corrected chi connectivity index (χ1v) is 8.85. The number of rotatable bonds is 4. The molecule has 136 valence electrons. The highest BCUT2D eigenvalue weighted by Gasteiger charge is 2.27. The molecule has 0 radical (unpaired) electrons. The number of aryl methyl sites for hydroxylation is 2. The predicted molar refractivity (Wildman–Crippen MR) is 102 cm³/mol. The van der Waals surface area contributed by atoms with E-state index in [-0.39, 0.29) is 24.5 Å². The lowest BCUT2D eigenvalue weighted by Crippen LogP contribution is -2.50. The Bertz CT molecular complexity index is 838. The summed E-state index contributed by atoms with van der Waals surface area (Å²) in [6, 6.07) is 12.7. The van der Waals surface area contributed by atoms with Crippen molar-refractivity contribution in [2.24, 2.45) is 0 Å². The summed E-state index contributed by atoms with van der Waals surface area (Å²) >= 11 is 6.02. The number of carbonyl (C=O) groups is 2. The minimum Gasteiger partial charge on any atom is -0.365 e. The first-order valence-electron chi connectivity index (χ1n) is 8.47. The fourth-order valence-corrected chi connectivity index (χ4v) is 3.02. The quantitative estimate of drug-likeness (QED) is 0.897. The molecule has 1 saturated heterocycles. The van der Waals surface area contributed by atoms with Gasteiger partial charge in [-0.1, -0.05) is 23.7 Å². The molecule has 2 aromatic rings. The summed E-state index contributed by atoms with van der Waals surface area (Å²) in [6.07, 6.45) is -0.276. The van der Waals surface area contributed by atoms with Gasteiger partial charge in [-0.2, -0.15) is 0 Å². The van der Waals surface area contributed by atoms with Gasteiger partial charge in [-0.25, -0.2) is 0 Å². The fraction of sp³-hybridized carbons (Fsp3) is 0.300. The van der Waals surface area contributed by atoms with Crippen molar-refractivity contribution in [3.63, 3.8) is 0 Å². The molecule has 2 aromatic carbocycles. The summed E-state index contributed by atoms with van der Waals surface area (Å²) in [4.78, 5) is 26.1. The Balaban J connectivity index is 1.62. The van der Waals surface area contributed by atoms with Crippen LogP contribution in [0, 0.1) is 13.8 Å². The third kappa shape index (κ3) is 4.23. The van der Waals surface area contributed by atoms with E-state index in [9.17, 15) is 9.59 Å². The third-order valence-electron chi connectivity index (χ3n) is 4.51. The maximum atomic E-state index is 12.3. The summed E-state index contributed by atoms with van der Waals surface area (Å²) in [5.74, 6) is -0.271. The van der Waals surface area contributed by atoms with Gasteiger partial charge in [0.05, 0.1) is 12.6 Å². The second-order valence-corrected chi connectivity index (χ2v) is 6.86. The number of hydrogen-bond donors (Lipinski definition) is 1. The van der Waals surface area contributed by atoms with Gasteiger partial charge in [0, 0.05) is 22.8 Å². The van der Waals surface area contributed by atoms with Crippen LogP contribution >= 0.6 is 11.6 Å². The highest BCUT2D eigenvalue weighted by Crippen LogP contribution is 2.22. The Morgan fingerprint density at radius 1 is 1.23 bits per heavy atom. The Hall–Kier alpha value is -2.37. The number of nitrogens with one attached hydrogen (secondary N) is 1. The van der Waals surface area contributed by atoms with Crippen LogP contribution in [-0.2, 0) is 9.53 Å². The van der Waals surface area contributed by atoms with Crippen LogP contribution in [0.5, 0.6) is 0 Å². The number of nitrogens with zero attached hydrogens (tertiary/aromatic N) is 1. The summed E-state index contributed by atoms with van der Waals surface area (Å²) in [5.41, 5.74) is 3.57. The van der Waals surface area contributed by atoms with Crippen molar-refractivity contribution in [3.05, 3.63) is 64.2 Å². The van der Waals surface area contributed by atoms with E-state index in [1.54, 1.807) is 29.2 Å². The number of hydrogen-bond acceptors (Lipinski definition) is 3. The number of ether oxygens (including phenoxy) is 1. The predicted octanol–water partition coefficient (Wildman–Crippen LogP) is 3.12. The number of halogens is 1. The largest absolute Gasteiger partial charge is 0.365 e. The molecule has 26 heavy (non-hydrogen) atoms. The van der Waals surface area contributed by atoms with Gasteiger partial charge in [-0.15, -0.1) is 0 Å². The molecule has 1 fully saturated rings. The van der Waals surface area contributed by atoms with Gasteiger partial charge < -0.3 is 15.0 Å². The third-order valence-corrected chi connectivity index (χ3v) is 4.74. The minimum absolute atomic E-state index is 0.0172. The Labute approximate surface area is 157 Å². The SMILES string of the molecule is Cc1ccc(C(=O)NCC2CN(c3cccc(Cl)c3)C(=O)CO2)cc1C. The second-order valence-electron chi connectivity index (χ2n) is 6.43. The monoisotopic (exact) mass is 372 g/mol. The van der Waals surface area contributed by atoms with Gasteiger partial charge in [-0.05, 0) is 55.3 Å². The van der Waals surface area contributed by atoms with E-state index in [1.807, 2.05) is 32.0 Å². The van der Waals surface area contributed by atoms with Crippen LogP contribution in [0.3, 0.4) is 0 Å². The van der Waals surface area contributed by atoms with Crippen LogP contribution in [0.15, 0.2) is 42.5 Å². The number of benzene rings is 2. The smallest absolute Gasteiger partial charge is 0.253 e. The summed E-state index contributed by atoms with van der Waals surface area (Å²) in [7, 11) is 0. The molecule has 1 N–H and O–H groups in total. The van der Waals surface area contributed by atoms with Crippen molar-refractivity contribution in [3.8, 4) is 0 Å². The van der Waals surface area contributed by atoms with Crippen molar-refractivity contribution in [2.45, 2.75) is 20.0 Å². The number of amides is 2. The zero-order valence-electron chi connectivity index (χ0n) is 14.8. The maximum Gasteiger partial charge on any atom is 0.253 e. The molecule has 1 atom stereocenters. The molecule has 0 aliphatic carbocycles. The van der Waals surface area contributed by atoms with Crippen molar-refractivity contribution >= 4 is 29.1 Å². The van der Waals surface area contributed by atoms with Gasteiger partial charge in [0.1, 0.15) is 6.61 Å². The molecule has 2 amide bonds. The Morgan fingerprint density at radius 2 is 2.04 bits per heavy atom. The topological polar surface area (TPSA) is 58.6 Å². The molecule has 1 aliphatic heterocycles. The van der Waals surface area contributed by atoms with Crippen LogP contribution in [-0.4, -0.2) is 37.6 Å². The lowest BCUT2D eigenvalue weighted by atomic mass is 10.1. The molecule has 3 rings (SSSR count). The lowest BCUT2D eigenvalue weighted by molar-refractivity contribution is -0.129. The van der Waals surface area contributed by atoms with E-state index in [2.05, 4.69) is 5.32 Å². The fourth-order valence-electron chi connectivity index (χ4n) is 2.83. The molecule has 1 heterocycles. The van der Waals surface area contributed by atoms with Gasteiger partial charge in [0.15, 0.2) is 0 Å². The molecule has 0 spiro atoms. The van der Waals surface area contributed by atoms with Crippen LogP contribution in [0.4, 0.5) is 5.69 Å². The summed E-state index contributed by atoms with van der Waals surface area (Å²) in [6.45, 7) is 4.67. The average molecular weight is 373 g/mol. The van der Waals surface area contributed by atoms with Gasteiger partial charge in [-0.3, -0.25) is 9.59 Å². The van der Waals surface area contributed by atoms with Crippen molar-refractivity contribution in [1.82, 2.24) is 5.32 Å². The van der Waals surface area contributed by atoms with Crippen LogP contribution < -0.4 is 10.2 Å². The molecule has 0 aromatic heterocycles. The van der Waals surface area contributed by atoms with Crippen LogP contribution in [0.25, 0.3) is 0 Å². The number of anilines is 1. The van der Waals surface area contributed by atoms with Crippen LogP contribution in [0.1, 0.15) is 21.5 Å². The van der Waals surface area contributed by atoms with E-state index in [4.69, 9.17) is 16.3 Å². The maximum absolute atomic E-state index is 12.3. The Morgan fingerprint density at radius 3 is 2.77 bits per heavy atom. The molecular formula is C20H21ClN2O3. The zero-order valence-corrected chi connectivity index (χ0v) is 15.5. The standard InChI is InChI=1S/C20H21ClN2O3/c1-13-6-7-15(8-14(13)2)20(25)22-10-18-11-23(19(24)12-26-18)17-5-3-4-16(21)9-17/h3-9,18H,10-12H2,1-2H3,(H,22,25). The molecule has 6 heteroatoms. The second kappa shape index (κ2) is 7.89. The van der Waals surface area contributed by atoms with E-state index in [0.717, 1.165) is 16.8 Å². The van der Waals surface area contributed by atoms with Gasteiger partial charge in [0.2, 0.25) is 0 Å². The first kappa shape index (κ1) is 18.4. The molecule has 5 nitrogen and oxygen atoms in total. The van der Waals surface area contributed by atoms with E-state index < -0.39 is 0 Å². The number of carbonyl (C=O) groups excluding carboxylic acids is 2. The highest BCUT2D eigenvalue weighted by atomic mass is 35.5. The Kier molecular flexibility index (Phi) is 5.59. The average Bonchev–Trinajstić information content (AvgIpc) is 2.63. The first-order chi connectivity index (χ1) is 12.4. The van der Waals surface area contributed by atoms with E-state index >= 15 is 0 Å². The molecule has 0 bridgehead atoms. The zero-order chi connectivity index (χ0) is 18.7. The van der Waals surface area contributed by atoms with Gasteiger partial charge in [0.25, 0.3) is 11.8 Å². The molecular weight excluding hydrogens is 352 g/mol. The van der Waals surface area contributed by atoms with E-state index in [0.29, 0.717) is 23.7 Å². The van der Waals surface area contributed by atoms with E-state index in [1.165, 1.54) is 0 Å². The van der Waals surface area contributed by atoms with Gasteiger partial charge >= 0.3 is 0 Å². The summed E-state index contributed by atoms with van der Waals surface area (Å²) in [5, 5.41) is 3.46. The molecule has 0 saturated carbocycles. The van der Waals surface area contributed by atoms with Crippen molar-refractivity contribution < 1.29 is 14.3 Å². The van der Waals surface area contributed by atoms with Crippen molar-refractivity contribution in [2.75, 3.05) is 24.6 Å². The highest BCUT2D eigenvalue weighted by molar-refractivity contribution is 6.30. The van der Waals surface area contributed by atoms with Crippen LogP contribution in [0.2, 0.25) is 5.02 Å². The van der Waals surface area contributed by atoms with Crippen molar-refractivity contribution in [1.29, 1.82) is 0 Å². The minimum atomic E-state index is -0.276. The molecule has 1 unspecified atom stereocenters. The summed E-state index contributed by atoms with van der Waals surface area (Å²) < 4.78 is 5.56. The number of morpholine rings is 1.